The highest BCUT2D eigenvalue weighted by Gasteiger charge is 2.14. The summed E-state index contributed by atoms with van der Waals surface area (Å²) in [5, 5.41) is 0. The van der Waals surface area contributed by atoms with Crippen LogP contribution in [0.25, 0.3) is 0 Å². The monoisotopic (exact) mass is 302 g/mol. The maximum Gasteiger partial charge on any atom is 0.294 e. The first-order valence-corrected chi connectivity index (χ1v) is 9.37. The first kappa shape index (κ1) is 14.0. The van der Waals surface area contributed by atoms with Crippen LogP contribution in [0.2, 0.25) is 0 Å². The van der Waals surface area contributed by atoms with E-state index < -0.39 is 16.0 Å². The molecule has 0 aliphatic heterocycles. The van der Waals surface area contributed by atoms with E-state index in [1.165, 1.54) is 24.3 Å². The molecule has 0 aliphatic rings. The van der Waals surface area contributed by atoms with Gasteiger partial charge < -0.3 is 0 Å². The normalized spacial score (nSPS) is 12.7. The molecule has 1 rings (SSSR count). The van der Waals surface area contributed by atoms with Crippen LogP contribution in [-0.4, -0.2) is 19.1 Å². The first-order chi connectivity index (χ1) is 7.18. The zero-order valence-corrected chi connectivity index (χ0v) is 11.2. The molecule has 16 heavy (non-hydrogen) atoms. The molecule has 0 bridgehead atoms. The number of hydrogen-bond donors (Lipinski definition) is 1. The van der Waals surface area contributed by atoms with Crippen LogP contribution in [0.1, 0.15) is 5.56 Å². The average molecular weight is 303 g/mol. The Morgan fingerprint density at radius 1 is 1.19 bits per heavy atom. The molecule has 0 aromatic heterocycles. The Morgan fingerprint density at radius 2 is 1.69 bits per heavy atom. The number of rotatable bonds is 4. The van der Waals surface area contributed by atoms with Gasteiger partial charge in [0.25, 0.3) is 16.0 Å². The summed E-state index contributed by atoms with van der Waals surface area (Å²) in [5.74, 6) is -3.10. The Morgan fingerprint density at radius 3 is 2.06 bits per heavy atom. The maximum atomic E-state index is 11.0. The summed E-state index contributed by atoms with van der Waals surface area (Å²) in [7, 11) is -4.17. The van der Waals surface area contributed by atoms with Crippen molar-refractivity contribution in [2.24, 2.45) is 0 Å². The first-order valence-electron chi connectivity index (χ1n) is 4.23. The van der Waals surface area contributed by atoms with Gasteiger partial charge in [-0.25, -0.2) is 0 Å². The predicted octanol–water partition coefficient (Wildman–Crippen LogP) is 3.15. The third kappa shape index (κ3) is 4.85. The third-order valence-electron chi connectivity index (χ3n) is 1.88. The van der Waals surface area contributed by atoms with Gasteiger partial charge >= 0.3 is 0 Å². The van der Waals surface area contributed by atoms with E-state index in [-0.39, 0.29) is 11.1 Å². The molecule has 0 aliphatic carbocycles. The largest absolute Gasteiger partial charge is 0.294 e. The van der Waals surface area contributed by atoms with E-state index in [2.05, 4.69) is 0 Å². The maximum absolute atomic E-state index is 11.0. The lowest BCUT2D eigenvalue weighted by molar-refractivity contribution is 0.483. The van der Waals surface area contributed by atoms with E-state index in [0.717, 1.165) is 5.56 Å². The van der Waals surface area contributed by atoms with Gasteiger partial charge in [-0.15, -0.1) is 0 Å². The van der Waals surface area contributed by atoms with Crippen molar-refractivity contribution in [1.29, 1.82) is 0 Å². The highest BCUT2D eigenvalue weighted by Crippen LogP contribution is 2.56. The fraction of sp³-hybridized carbons (Fsp3) is 0.250. The van der Waals surface area contributed by atoms with Crippen molar-refractivity contribution in [2.45, 2.75) is 11.3 Å². The van der Waals surface area contributed by atoms with Gasteiger partial charge in [0.1, 0.15) is 0 Å². The Kier molecular flexibility index (Phi) is 4.43. The van der Waals surface area contributed by atoms with Crippen LogP contribution >= 0.6 is 28.3 Å². The lowest BCUT2D eigenvalue weighted by atomic mass is 10.2. The fourth-order valence-corrected chi connectivity index (χ4v) is 2.59. The molecule has 1 N–H and O–H groups in total. The van der Waals surface area contributed by atoms with Crippen molar-refractivity contribution < 1.29 is 17.5 Å². The smallest absolute Gasteiger partial charge is 0.289 e. The Balaban J connectivity index is 2.77. The van der Waals surface area contributed by atoms with Gasteiger partial charge in [-0.2, -0.15) is 8.42 Å². The van der Waals surface area contributed by atoms with Gasteiger partial charge in [-0.3, -0.25) is 9.12 Å². The Bertz CT molecular complexity index is 505. The highest BCUT2D eigenvalue weighted by atomic mass is 35.9. The van der Waals surface area contributed by atoms with Crippen LogP contribution in [-0.2, 0) is 21.1 Å². The lowest BCUT2D eigenvalue weighted by Crippen LogP contribution is -1.98. The third-order valence-corrected chi connectivity index (χ3v) is 4.51. The van der Waals surface area contributed by atoms with E-state index in [4.69, 9.17) is 27.0 Å². The zero-order chi connectivity index (χ0) is 12.4. The van der Waals surface area contributed by atoms with Gasteiger partial charge in [0.05, 0.1) is 4.90 Å². The highest BCUT2D eigenvalue weighted by molar-refractivity contribution is 8.08. The Hall–Kier alpha value is -0.0600. The van der Waals surface area contributed by atoms with Crippen LogP contribution < -0.4 is 0 Å². The lowest BCUT2D eigenvalue weighted by Gasteiger charge is -2.03. The summed E-state index contributed by atoms with van der Waals surface area (Å²) in [4.78, 5) is -0.184. The van der Waals surface area contributed by atoms with E-state index in [1.54, 1.807) is 0 Å². The van der Waals surface area contributed by atoms with Crippen molar-refractivity contribution in [3.8, 4) is 0 Å². The van der Waals surface area contributed by atoms with Crippen molar-refractivity contribution in [3.63, 3.8) is 0 Å². The second-order valence-corrected chi connectivity index (χ2v) is 9.97. The van der Waals surface area contributed by atoms with Crippen LogP contribution in [0, 0.1) is 0 Å². The minimum absolute atomic E-state index is 0.126. The summed E-state index contributed by atoms with van der Waals surface area (Å²) in [5.41, 5.74) is 0.744. The number of aryl methyl sites for hydroxylation is 1. The molecule has 0 saturated heterocycles. The van der Waals surface area contributed by atoms with E-state index in [9.17, 15) is 13.0 Å². The second-order valence-electron chi connectivity index (χ2n) is 3.16. The molecule has 90 valence electrons. The van der Waals surface area contributed by atoms with E-state index in [0.29, 0.717) is 6.42 Å². The van der Waals surface area contributed by atoms with Crippen LogP contribution in [0.5, 0.6) is 0 Å². The molecule has 0 radical (unpaired) electrons. The quantitative estimate of drug-likeness (QED) is 0.685. The summed E-state index contributed by atoms with van der Waals surface area (Å²) in [6.07, 6.45) is 0.511. The molecule has 0 atom stereocenters. The summed E-state index contributed by atoms with van der Waals surface area (Å²) < 4.78 is 41.2. The number of benzene rings is 1. The Labute approximate surface area is 103 Å². The molecule has 8 heteroatoms. The number of hydrogen-bond acceptors (Lipinski definition) is 3. The predicted molar refractivity (Wildman–Crippen MR) is 64.1 cm³/mol. The van der Waals surface area contributed by atoms with Crippen LogP contribution in [0.15, 0.2) is 29.2 Å². The molecule has 0 fully saturated rings. The molecular formula is C8H9Cl2O4PS. The molecule has 0 unspecified atom stereocenters. The fourth-order valence-electron chi connectivity index (χ4n) is 1.09. The molecule has 0 amide bonds. The summed E-state index contributed by atoms with van der Waals surface area (Å²) in [6, 6.07) is 5.54. The topological polar surface area (TPSA) is 71.4 Å². The second kappa shape index (κ2) is 5.07. The van der Waals surface area contributed by atoms with Crippen molar-refractivity contribution in [2.75, 3.05) is 6.16 Å². The average Bonchev–Trinajstić information content (AvgIpc) is 2.13. The van der Waals surface area contributed by atoms with Crippen molar-refractivity contribution >= 4 is 38.4 Å². The van der Waals surface area contributed by atoms with Crippen molar-refractivity contribution in [3.05, 3.63) is 29.8 Å². The molecule has 0 heterocycles. The molecule has 1 aromatic carbocycles. The summed E-state index contributed by atoms with van der Waals surface area (Å²) >= 11 is 10.7. The molecule has 0 spiro atoms. The molecule has 1 aromatic rings. The zero-order valence-electron chi connectivity index (χ0n) is 8.01. The van der Waals surface area contributed by atoms with Crippen LogP contribution in [0.4, 0.5) is 0 Å². The van der Waals surface area contributed by atoms with Gasteiger partial charge in [-0.1, -0.05) is 12.1 Å². The minimum atomic E-state index is -4.17. The van der Waals surface area contributed by atoms with E-state index >= 15 is 0 Å². The van der Waals surface area contributed by atoms with Gasteiger partial charge in [-0.05, 0) is 46.6 Å². The molecule has 4 nitrogen and oxygen atoms in total. The minimum Gasteiger partial charge on any atom is -0.289 e. The van der Waals surface area contributed by atoms with Crippen molar-refractivity contribution in [1.82, 2.24) is 0 Å². The van der Waals surface area contributed by atoms with Gasteiger partial charge in [0.15, 0.2) is 0 Å². The standard InChI is InChI=1S/C8H9Cl2O4PS/c9-15(10,11)6-5-7-1-3-8(4-2-7)16(12,13)14/h1-4H,5-6H2,(H,12,13,14). The van der Waals surface area contributed by atoms with Gasteiger partial charge in [0.2, 0.25) is 0 Å². The van der Waals surface area contributed by atoms with E-state index in [1.807, 2.05) is 0 Å². The molecular weight excluding hydrogens is 294 g/mol. The van der Waals surface area contributed by atoms with Gasteiger partial charge in [0, 0.05) is 6.16 Å². The molecule has 0 saturated carbocycles. The summed E-state index contributed by atoms with van der Waals surface area (Å²) in [6.45, 7) is 0. The number of halogens is 2. The SMILES string of the molecule is O=P(Cl)(Cl)CCc1ccc(S(=O)(=O)O)cc1. The van der Waals surface area contributed by atoms with Crippen LogP contribution in [0.3, 0.4) is 0 Å².